The largest absolute Gasteiger partial charge is 0.507 e. The maximum absolute atomic E-state index is 11.0. The molecular weight excluding hydrogens is 528 g/mol. The summed E-state index contributed by atoms with van der Waals surface area (Å²) >= 11 is 0. The normalized spacial score (nSPS) is 26.4. The van der Waals surface area contributed by atoms with Gasteiger partial charge in [0.1, 0.15) is 11.5 Å². The summed E-state index contributed by atoms with van der Waals surface area (Å²) < 4.78 is 0. The third-order valence-corrected chi connectivity index (χ3v) is 11.1. The van der Waals surface area contributed by atoms with Gasteiger partial charge in [0.15, 0.2) is 0 Å². The van der Waals surface area contributed by atoms with Gasteiger partial charge in [-0.1, -0.05) is 54.6 Å². The Balaban J connectivity index is 1.38. The molecule has 43 heavy (non-hydrogen) atoms. The summed E-state index contributed by atoms with van der Waals surface area (Å²) in [5, 5.41) is 22.1. The molecule has 0 unspecified atom stereocenters. The number of phenolic OH excluding ortho intramolecular Hbond substituents is 2. The molecule has 0 radical (unpaired) electrons. The summed E-state index contributed by atoms with van der Waals surface area (Å²) in [6.45, 7) is 0. The molecule has 2 saturated carbocycles. The Morgan fingerprint density at radius 1 is 0.581 bits per heavy atom. The van der Waals surface area contributed by atoms with E-state index < -0.39 is 0 Å². The van der Waals surface area contributed by atoms with Gasteiger partial charge in [-0.25, -0.2) is 4.99 Å². The minimum absolute atomic E-state index is 0.299. The standard InChI is InChI=1S/C39H36N2O2/c42-29-12-6-4-10-27(29)36-31-23-14-18-25(19-15-23)33(31)38(40-36)35(22-8-2-1-3-9-22)39-34-26-20-16-24(17-21-26)32(34)37(41-39)28-11-5-7-13-30(28)43/h1-13,23-26,40,42-43H,14-21H2/b39-35-. The minimum Gasteiger partial charge on any atom is -0.507 e. The molecule has 2 fully saturated rings. The number of allylic oxidation sites excluding steroid dienone is 2. The van der Waals surface area contributed by atoms with E-state index in [0.717, 1.165) is 28.2 Å². The molecular formula is C39H36N2O2. The maximum atomic E-state index is 11.0. The monoisotopic (exact) mass is 564 g/mol. The summed E-state index contributed by atoms with van der Waals surface area (Å²) in [5.41, 5.74) is 14.0. The van der Waals surface area contributed by atoms with Crippen LogP contribution in [0.4, 0.5) is 0 Å². The average Bonchev–Trinajstić information content (AvgIpc) is 3.67. The van der Waals surface area contributed by atoms with Gasteiger partial charge in [0.2, 0.25) is 0 Å². The van der Waals surface area contributed by atoms with Crippen LogP contribution < -0.4 is 0 Å². The van der Waals surface area contributed by atoms with Crippen molar-refractivity contribution in [1.82, 2.24) is 4.98 Å². The van der Waals surface area contributed by atoms with E-state index in [-0.39, 0.29) is 0 Å². The Bertz CT molecular complexity index is 1860. The second kappa shape index (κ2) is 9.60. The van der Waals surface area contributed by atoms with Crippen LogP contribution in [0.2, 0.25) is 0 Å². The van der Waals surface area contributed by atoms with Crippen LogP contribution in [0.3, 0.4) is 0 Å². The number of aromatic amines is 1. The van der Waals surface area contributed by atoms with Crippen LogP contribution in [0.1, 0.15) is 91.2 Å². The number of aliphatic imine (C=N–C) groups is 1. The van der Waals surface area contributed by atoms with Gasteiger partial charge in [0.25, 0.3) is 0 Å². The first-order valence-corrected chi connectivity index (χ1v) is 16.1. The molecule has 0 spiro atoms. The van der Waals surface area contributed by atoms with Crippen LogP contribution >= 0.6 is 0 Å². The van der Waals surface area contributed by atoms with Crippen LogP contribution in [0.15, 0.2) is 101 Å². The summed E-state index contributed by atoms with van der Waals surface area (Å²) in [7, 11) is 0. The van der Waals surface area contributed by atoms with Gasteiger partial charge in [-0.15, -0.1) is 0 Å². The topological polar surface area (TPSA) is 68.6 Å². The predicted molar refractivity (Wildman–Crippen MR) is 171 cm³/mol. The molecule has 4 nitrogen and oxygen atoms in total. The van der Waals surface area contributed by atoms with Gasteiger partial charge in [0.05, 0.1) is 22.8 Å². The molecule has 6 aliphatic carbocycles. The van der Waals surface area contributed by atoms with Crippen molar-refractivity contribution in [2.75, 3.05) is 0 Å². The molecule has 4 heteroatoms. The molecule has 3 N–H and O–H groups in total. The molecule has 1 aromatic heterocycles. The van der Waals surface area contributed by atoms with Gasteiger partial charge in [-0.2, -0.15) is 0 Å². The summed E-state index contributed by atoms with van der Waals surface area (Å²) in [6, 6.07) is 26.3. The van der Waals surface area contributed by atoms with Gasteiger partial charge in [-0.05, 0) is 127 Å². The van der Waals surface area contributed by atoms with E-state index in [2.05, 4.69) is 35.3 Å². The molecule has 0 saturated heterocycles. The molecule has 7 aliphatic rings. The Kier molecular flexibility index (Phi) is 5.63. The van der Waals surface area contributed by atoms with Crippen LogP contribution in [-0.4, -0.2) is 20.9 Å². The molecule has 4 aromatic rings. The van der Waals surface area contributed by atoms with Crippen LogP contribution in [0.25, 0.3) is 16.8 Å². The van der Waals surface area contributed by atoms with Crippen molar-refractivity contribution in [1.29, 1.82) is 0 Å². The highest BCUT2D eigenvalue weighted by atomic mass is 16.3. The second-order valence-corrected chi connectivity index (χ2v) is 13.2. The fourth-order valence-corrected chi connectivity index (χ4v) is 9.20. The highest BCUT2D eigenvalue weighted by Gasteiger charge is 2.45. The van der Waals surface area contributed by atoms with Gasteiger partial charge in [-0.3, -0.25) is 0 Å². The maximum Gasteiger partial charge on any atom is 0.124 e. The van der Waals surface area contributed by atoms with Crippen molar-refractivity contribution in [3.05, 3.63) is 124 Å². The van der Waals surface area contributed by atoms with E-state index in [1.165, 1.54) is 90.5 Å². The van der Waals surface area contributed by atoms with Crippen molar-refractivity contribution in [2.24, 2.45) is 16.8 Å². The van der Waals surface area contributed by atoms with Crippen molar-refractivity contribution in [2.45, 2.75) is 63.2 Å². The molecule has 214 valence electrons. The Morgan fingerprint density at radius 3 is 1.77 bits per heavy atom. The molecule has 0 amide bonds. The van der Waals surface area contributed by atoms with Gasteiger partial charge >= 0.3 is 0 Å². The van der Waals surface area contributed by atoms with Crippen molar-refractivity contribution in [3.8, 4) is 22.8 Å². The molecule has 4 bridgehead atoms. The molecule has 3 aromatic carbocycles. The number of benzene rings is 3. The number of hydrogen-bond acceptors (Lipinski definition) is 3. The number of H-pyrrole nitrogens is 1. The van der Waals surface area contributed by atoms with E-state index in [9.17, 15) is 10.2 Å². The minimum atomic E-state index is 0.299. The van der Waals surface area contributed by atoms with Crippen LogP contribution in [0.5, 0.6) is 11.5 Å². The van der Waals surface area contributed by atoms with E-state index in [1.54, 1.807) is 12.1 Å². The van der Waals surface area contributed by atoms with Crippen molar-refractivity contribution >= 4 is 11.3 Å². The lowest BCUT2D eigenvalue weighted by Crippen LogP contribution is -2.28. The molecule has 1 aliphatic heterocycles. The molecule has 0 atom stereocenters. The van der Waals surface area contributed by atoms with E-state index in [4.69, 9.17) is 4.99 Å². The number of fused-ring (bicyclic) bond motifs is 4. The van der Waals surface area contributed by atoms with Crippen molar-refractivity contribution < 1.29 is 10.2 Å². The average molecular weight is 565 g/mol. The Labute approximate surface area is 252 Å². The van der Waals surface area contributed by atoms with Gasteiger partial charge < -0.3 is 15.2 Å². The quantitative estimate of drug-likeness (QED) is 0.231. The summed E-state index contributed by atoms with van der Waals surface area (Å²) in [6.07, 6.45) is 9.65. The van der Waals surface area contributed by atoms with Gasteiger partial charge in [0, 0.05) is 16.7 Å². The predicted octanol–water partition coefficient (Wildman–Crippen LogP) is 9.23. The number of phenols is 2. The van der Waals surface area contributed by atoms with Crippen molar-refractivity contribution in [3.63, 3.8) is 0 Å². The fraction of sp³-hybridized carbons (Fsp3) is 0.308. The smallest absolute Gasteiger partial charge is 0.124 e. The molecule has 2 heterocycles. The summed E-state index contributed by atoms with van der Waals surface area (Å²) in [5.74, 6) is 2.60. The fourth-order valence-electron chi connectivity index (χ4n) is 9.20. The zero-order chi connectivity index (χ0) is 28.7. The number of hydrogen-bond donors (Lipinski definition) is 3. The first-order valence-electron chi connectivity index (χ1n) is 16.1. The molecule has 11 rings (SSSR count). The SMILES string of the molecule is Oc1ccccc1C1=N/C(=C(/c2ccccc2)c2[nH]c(-c3ccccc3O)c3c2C2CCC3CC2)C2=C1C1CCC2CC1. The third kappa shape index (κ3) is 3.71. The van der Waals surface area contributed by atoms with Crippen LogP contribution in [-0.2, 0) is 0 Å². The lowest BCUT2D eigenvalue weighted by molar-refractivity contribution is 0.309. The first kappa shape index (κ1) is 25.2. The first-order chi connectivity index (χ1) is 21.2. The number of aromatic hydroxyl groups is 2. The van der Waals surface area contributed by atoms with E-state index in [1.807, 2.05) is 36.4 Å². The number of para-hydroxylation sites is 2. The second-order valence-electron chi connectivity index (χ2n) is 13.2. The van der Waals surface area contributed by atoms with Crippen LogP contribution in [0, 0.1) is 11.8 Å². The highest BCUT2D eigenvalue weighted by Crippen LogP contribution is 2.58. The number of nitrogens with zero attached hydrogens (tertiary/aromatic N) is 1. The van der Waals surface area contributed by atoms with E-state index in [0.29, 0.717) is 35.2 Å². The van der Waals surface area contributed by atoms with E-state index >= 15 is 0 Å². The highest BCUT2D eigenvalue weighted by molar-refractivity contribution is 6.19. The lowest BCUT2D eigenvalue weighted by atomic mass is 9.64. The third-order valence-electron chi connectivity index (χ3n) is 11.1. The number of rotatable bonds is 4. The zero-order valence-corrected chi connectivity index (χ0v) is 24.3. The number of nitrogens with one attached hydrogen (secondary N) is 1. The zero-order valence-electron chi connectivity index (χ0n) is 24.3. The lowest BCUT2D eigenvalue weighted by Gasteiger charge is -2.39. The Hall–Kier alpha value is -4.31. The Morgan fingerprint density at radius 2 is 1.12 bits per heavy atom. The number of aromatic nitrogens is 1. The summed E-state index contributed by atoms with van der Waals surface area (Å²) in [4.78, 5) is 9.53.